The van der Waals surface area contributed by atoms with Crippen LogP contribution < -0.4 is 0 Å². The molecular weight excluding hydrogens is 338 g/mol. The van der Waals surface area contributed by atoms with Crippen LogP contribution in [-0.4, -0.2) is 5.97 Å². The van der Waals surface area contributed by atoms with Crippen molar-refractivity contribution in [2.45, 2.75) is 57.0 Å². The second-order valence-corrected chi connectivity index (χ2v) is 5.90. The van der Waals surface area contributed by atoms with Gasteiger partial charge >= 0.3 is 18.3 Å². The minimum atomic E-state index is -5.16. The van der Waals surface area contributed by atoms with E-state index in [4.69, 9.17) is 4.74 Å². The van der Waals surface area contributed by atoms with E-state index in [2.05, 4.69) is 0 Å². The summed E-state index contributed by atoms with van der Waals surface area (Å²) in [6.45, 7) is 1.13. The fraction of sp³-hybridized carbons (Fsp3) is 0.562. The fourth-order valence-corrected chi connectivity index (χ4v) is 3.16. The van der Waals surface area contributed by atoms with Gasteiger partial charge in [-0.25, -0.2) is 0 Å². The third-order valence-electron chi connectivity index (χ3n) is 4.16. The van der Waals surface area contributed by atoms with Crippen LogP contribution in [0.15, 0.2) is 18.2 Å². The molecule has 0 heterocycles. The molecule has 1 aromatic rings. The molecule has 0 radical (unpaired) electrons. The fourth-order valence-electron chi connectivity index (χ4n) is 3.16. The van der Waals surface area contributed by atoms with Gasteiger partial charge in [-0.1, -0.05) is 12.5 Å². The number of benzene rings is 1. The van der Waals surface area contributed by atoms with E-state index in [1.807, 2.05) is 0 Å². The zero-order valence-electron chi connectivity index (χ0n) is 12.9. The highest BCUT2D eigenvalue weighted by molar-refractivity contribution is 5.67. The standard InChI is InChI=1S/C16H16F6O2/c1-10(23)24-14(7-3-2-4-8-14)11-5-6-12(15(17,18)19)13(9-11)16(20,21)22/h5-6,9H,2-4,7-8H2,1H3. The molecule has 0 saturated heterocycles. The Labute approximate surface area is 134 Å². The van der Waals surface area contributed by atoms with Gasteiger partial charge in [0.05, 0.1) is 11.1 Å². The number of ether oxygens (including phenoxy) is 1. The van der Waals surface area contributed by atoms with Crippen LogP contribution in [-0.2, 0) is 27.5 Å². The van der Waals surface area contributed by atoms with Gasteiger partial charge in [0.25, 0.3) is 0 Å². The Morgan fingerprint density at radius 3 is 1.96 bits per heavy atom. The first-order valence-electron chi connectivity index (χ1n) is 7.44. The van der Waals surface area contributed by atoms with E-state index in [0.29, 0.717) is 25.0 Å². The third-order valence-corrected chi connectivity index (χ3v) is 4.16. The third kappa shape index (κ3) is 3.84. The summed E-state index contributed by atoms with van der Waals surface area (Å²) in [5.41, 5.74) is -4.84. The molecule has 1 aliphatic carbocycles. The molecule has 1 aromatic carbocycles. The van der Waals surface area contributed by atoms with E-state index < -0.39 is 35.0 Å². The lowest BCUT2D eigenvalue weighted by atomic mass is 9.78. The number of hydrogen-bond donors (Lipinski definition) is 0. The summed E-state index contributed by atoms with van der Waals surface area (Å²) in [4.78, 5) is 11.4. The molecule has 0 N–H and O–H groups in total. The molecule has 8 heteroatoms. The topological polar surface area (TPSA) is 26.3 Å². The van der Waals surface area contributed by atoms with Gasteiger partial charge in [0, 0.05) is 6.92 Å². The predicted octanol–water partition coefficient (Wildman–Crippen LogP) is 5.45. The van der Waals surface area contributed by atoms with Crippen LogP contribution in [0.4, 0.5) is 26.3 Å². The summed E-state index contributed by atoms with van der Waals surface area (Å²) in [6, 6.07) is 1.86. The number of alkyl halides is 6. The maximum atomic E-state index is 13.1. The van der Waals surface area contributed by atoms with Crippen LogP contribution in [0.5, 0.6) is 0 Å². The van der Waals surface area contributed by atoms with Crippen molar-refractivity contribution in [3.8, 4) is 0 Å². The highest BCUT2D eigenvalue weighted by Gasteiger charge is 2.45. The largest absolute Gasteiger partial charge is 0.454 e. The van der Waals surface area contributed by atoms with Crippen molar-refractivity contribution in [1.82, 2.24) is 0 Å². The molecule has 0 bridgehead atoms. The predicted molar refractivity (Wildman–Crippen MR) is 73.0 cm³/mol. The Hall–Kier alpha value is -1.73. The van der Waals surface area contributed by atoms with E-state index in [9.17, 15) is 31.1 Å². The first-order valence-corrected chi connectivity index (χ1v) is 7.44. The summed E-state index contributed by atoms with van der Waals surface area (Å²) in [5, 5.41) is 0. The molecule has 2 rings (SSSR count). The first-order chi connectivity index (χ1) is 11.0. The number of carbonyl (C=O) groups is 1. The molecule has 1 saturated carbocycles. The molecule has 0 spiro atoms. The lowest BCUT2D eigenvalue weighted by molar-refractivity contribution is -0.164. The second kappa shape index (κ2) is 6.29. The van der Waals surface area contributed by atoms with Gasteiger partial charge in [0.15, 0.2) is 0 Å². The quantitative estimate of drug-likeness (QED) is 0.522. The van der Waals surface area contributed by atoms with Crippen molar-refractivity contribution < 1.29 is 35.9 Å². The maximum absolute atomic E-state index is 13.1. The number of esters is 1. The van der Waals surface area contributed by atoms with Gasteiger partial charge in [-0.15, -0.1) is 0 Å². The SMILES string of the molecule is CC(=O)OC1(c2ccc(C(F)(F)F)c(C(F)(F)F)c2)CCCCC1. The summed E-state index contributed by atoms with van der Waals surface area (Å²) in [7, 11) is 0. The lowest BCUT2D eigenvalue weighted by Gasteiger charge is -2.37. The maximum Gasteiger partial charge on any atom is 0.417 e. The normalized spacial score (nSPS) is 18.3. The van der Waals surface area contributed by atoms with Crippen LogP contribution in [0.25, 0.3) is 0 Å². The van der Waals surface area contributed by atoms with Crippen molar-refractivity contribution >= 4 is 5.97 Å². The number of hydrogen-bond acceptors (Lipinski definition) is 2. The smallest absolute Gasteiger partial charge is 0.417 e. The molecule has 0 amide bonds. The summed E-state index contributed by atoms with van der Waals surface area (Å²) in [5.74, 6) is -0.676. The minimum Gasteiger partial charge on any atom is -0.454 e. The number of carbonyl (C=O) groups excluding carboxylic acids is 1. The monoisotopic (exact) mass is 354 g/mol. The molecule has 24 heavy (non-hydrogen) atoms. The van der Waals surface area contributed by atoms with E-state index >= 15 is 0 Å². The van der Waals surface area contributed by atoms with Gasteiger partial charge in [-0.2, -0.15) is 26.3 Å². The average Bonchev–Trinajstić information content (AvgIpc) is 2.45. The average molecular weight is 354 g/mol. The zero-order valence-corrected chi connectivity index (χ0v) is 12.9. The molecule has 134 valence electrons. The number of rotatable bonds is 2. The van der Waals surface area contributed by atoms with Crippen LogP contribution in [0, 0.1) is 0 Å². The molecule has 0 unspecified atom stereocenters. The minimum absolute atomic E-state index is 0.0438. The molecular formula is C16H16F6O2. The molecule has 0 aromatic heterocycles. The van der Waals surface area contributed by atoms with Gasteiger partial charge in [0.2, 0.25) is 0 Å². The molecule has 1 fully saturated rings. The van der Waals surface area contributed by atoms with Crippen molar-refractivity contribution in [3.05, 3.63) is 34.9 Å². The Bertz CT molecular complexity index is 612. The summed E-state index contributed by atoms with van der Waals surface area (Å²) < 4.78 is 83.2. The van der Waals surface area contributed by atoms with Crippen LogP contribution in [0.2, 0.25) is 0 Å². The molecule has 0 atom stereocenters. The van der Waals surface area contributed by atoms with E-state index in [0.717, 1.165) is 19.4 Å². The highest BCUT2D eigenvalue weighted by Crippen LogP contribution is 2.45. The summed E-state index contributed by atoms with van der Waals surface area (Å²) in [6.07, 6.45) is -7.64. The molecule has 0 aliphatic heterocycles. The Kier molecular flexibility index (Phi) is 4.88. The van der Waals surface area contributed by atoms with Crippen molar-refractivity contribution in [3.63, 3.8) is 0 Å². The zero-order chi connectivity index (χ0) is 18.2. The van der Waals surface area contributed by atoms with Crippen LogP contribution in [0.1, 0.15) is 55.7 Å². The highest BCUT2D eigenvalue weighted by atomic mass is 19.4. The lowest BCUT2D eigenvalue weighted by Crippen LogP contribution is -2.34. The van der Waals surface area contributed by atoms with Gasteiger partial charge < -0.3 is 4.74 Å². The Balaban J connectivity index is 2.59. The van der Waals surface area contributed by atoms with E-state index in [-0.39, 0.29) is 18.4 Å². The van der Waals surface area contributed by atoms with Crippen molar-refractivity contribution in [2.24, 2.45) is 0 Å². The Morgan fingerprint density at radius 1 is 0.958 bits per heavy atom. The summed E-state index contributed by atoms with van der Waals surface area (Å²) >= 11 is 0. The van der Waals surface area contributed by atoms with E-state index in [1.165, 1.54) is 0 Å². The van der Waals surface area contributed by atoms with Gasteiger partial charge in [-0.3, -0.25) is 4.79 Å². The Morgan fingerprint density at radius 2 is 1.50 bits per heavy atom. The first kappa shape index (κ1) is 18.6. The van der Waals surface area contributed by atoms with Crippen molar-refractivity contribution in [1.29, 1.82) is 0 Å². The van der Waals surface area contributed by atoms with Gasteiger partial charge in [-0.05, 0) is 43.4 Å². The van der Waals surface area contributed by atoms with Crippen LogP contribution in [0.3, 0.4) is 0 Å². The van der Waals surface area contributed by atoms with E-state index in [1.54, 1.807) is 0 Å². The molecule has 1 aliphatic rings. The van der Waals surface area contributed by atoms with Crippen LogP contribution >= 0.6 is 0 Å². The van der Waals surface area contributed by atoms with Crippen molar-refractivity contribution in [2.75, 3.05) is 0 Å². The second-order valence-electron chi connectivity index (χ2n) is 5.90. The number of halogens is 6. The molecule has 2 nitrogen and oxygen atoms in total. The van der Waals surface area contributed by atoms with Gasteiger partial charge in [0.1, 0.15) is 5.60 Å².